The Morgan fingerprint density at radius 2 is 1.65 bits per heavy atom. The lowest BCUT2D eigenvalue weighted by Gasteiger charge is -2.26. The molecule has 0 atom stereocenters. The molecule has 128 valence electrons. The van der Waals surface area contributed by atoms with E-state index in [1.807, 2.05) is 38.0 Å². The van der Waals surface area contributed by atoms with Crippen LogP contribution in [-0.2, 0) is 0 Å². The standard InChI is InChI=1S/C15H25N5O3/c1-17(2)8-10-19(11-9-18(3)4)15(21)16-13-6-5-7-14(12-13)20(22)23/h5-7,12H,8-11H2,1-4H3,(H,16,21). The van der Waals surface area contributed by atoms with Crippen molar-refractivity contribution in [2.45, 2.75) is 0 Å². The van der Waals surface area contributed by atoms with E-state index in [0.29, 0.717) is 18.8 Å². The molecule has 23 heavy (non-hydrogen) atoms. The van der Waals surface area contributed by atoms with Crippen molar-refractivity contribution < 1.29 is 9.72 Å². The minimum absolute atomic E-state index is 0.0454. The fourth-order valence-electron chi connectivity index (χ4n) is 1.86. The number of nitro groups is 1. The fraction of sp³-hybridized carbons (Fsp3) is 0.533. The van der Waals surface area contributed by atoms with Gasteiger partial charge >= 0.3 is 6.03 Å². The summed E-state index contributed by atoms with van der Waals surface area (Å²) in [6.07, 6.45) is 0. The average molecular weight is 323 g/mol. The number of urea groups is 1. The summed E-state index contributed by atoms with van der Waals surface area (Å²) in [5.74, 6) is 0. The van der Waals surface area contributed by atoms with Crippen LogP contribution in [-0.4, -0.2) is 80.0 Å². The van der Waals surface area contributed by atoms with Gasteiger partial charge < -0.3 is 20.0 Å². The van der Waals surface area contributed by atoms with Crippen molar-refractivity contribution >= 4 is 17.4 Å². The van der Waals surface area contributed by atoms with E-state index in [0.717, 1.165) is 13.1 Å². The van der Waals surface area contributed by atoms with Crippen LogP contribution in [0.15, 0.2) is 24.3 Å². The molecule has 0 spiro atoms. The van der Waals surface area contributed by atoms with Crippen LogP contribution < -0.4 is 5.32 Å². The Morgan fingerprint density at radius 1 is 1.09 bits per heavy atom. The molecule has 0 bridgehead atoms. The molecule has 1 N–H and O–H groups in total. The van der Waals surface area contributed by atoms with Crippen LogP contribution >= 0.6 is 0 Å². The first kappa shape index (κ1) is 18.9. The highest BCUT2D eigenvalue weighted by Gasteiger charge is 2.15. The zero-order valence-corrected chi connectivity index (χ0v) is 14.2. The molecule has 0 aliphatic rings. The second-order valence-electron chi connectivity index (χ2n) is 5.83. The Balaban J connectivity index is 2.74. The number of nitrogens with zero attached hydrogens (tertiary/aromatic N) is 4. The van der Waals surface area contributed by atoms with Gasteiger partial charge in [0.15, 0.2) is 0 Å². The smallest absolute Gasteiger partial charge is 0.321 e. The number of rotatable bonds is 8. The van der Waals surface area contributed by atoms with Gasteiger partial charge in [0, 0.05) is 44.0 Å². The minimum Gasteiger partial charge on any atom is -0.322 e. The third-order valence-corrected chi connectivity index (χ3v) is 3.23. The number of non-ortho nitro benzene ring substituents is 1. The lowest BCUT2D eigenvalue weighted by atomic mass is 10.3. The summed E-state index contributed by atoms with van der Waals surface area (Å²) in [6, 6.07) is 5.69. The number of nitro benzene ring substituents is 1. The predicted octanol–water partition coefficient (Wildman–Crippen LogP) is 1.55. The van der Waals surface area contributed by atoms with Crippen LogP contribution in [0.5, 0.6) is 0 Å². The highest BCUT2D eigenvalue weighted by atomic mass is 16.6. The molecule has 0 fully saturated rings. The van der Waals surface area contributed by atoms with E-state index in [1.54, 1.807) is 17.0 Å². The summed E-state index contributed by atoms with van der Waals surface area (Å²) in [4.78, 5) is 28.5. The lowest BCUT2D eigenvalue weighted by Crippen LogP contribution is -2.42. The summed E-state index contributed by atoms with van der Waals surface area (Å²) >= 11 is 0. The number of benzene rings is 1. The van der Waals surface area contributed by atoms with Crippen LogP contribution in [0.4, 0.5) is 16.2 Å². The summed E-state index contributed by atoms with van der Waals surface area (Å²) in [7, 11) is 7.79. The van der Waals surface area contributed by atoms with Crippen LogP contribution in [0.25, 0.3) is 0 Å². The number of anilines is 1. The normalized spacial score (nSPS) is 10.9. The van der Waals surface area contributed by atoms with Gasteiger partial charge in [0.25, 0.3) is 5.69 Å². The molecule has 0 aliphatic heterocycles. The molecule has 0 saturated heterocycles. The first-order chi connectivity index (χ1) is 10.8. The maximum Gasteiger partial charge on any atom is 0.321 e. The molecule has 2 amide bonds. The van der Waals surface area contributed by atoms with Crippen LogP contribution in [0, 0.1) is 10.1 Å². The van der Waals surface area contributed by atoms with Gasteiger partial charge in [-0.05, 0) is 34.3 Å². The summed E-state index contributed by atoms with van der Waals surface area (Å²) in [5, 5.41) is 13.5. The second-order valence-corrected chi connectivity index (χ2v) is 5.83. The minimum atomic E-state index is -0.481. The number of carbonyl (C=O) groups excluding carboxylic acids is 1. The van der Waals surface area contributed by atoms with E-state index in [9.17, 15) is 14.9 Å². The number of amides is 2. The SMILES string of the molecule is CN(C)CCN(CCN(C)C)C(=O)Nc1cccc([N+](=O)[O-])c1. The highest BCUT2D eigenvalue weighted by molar-refractivity contribution is 5.89. The molecule has 8 nitrogen and oxygen atoms in total. The Kier molecular flexibility index (Phi) is 7.43. The van der Waals surface area contributed by atoms with Crippen molar-refractivity contribution in [3.05, 3.63) is 34.4 Å². The summed E-state index contributed by atoms with van der Waals surface area (Å²) in [5.41, 5.74) is 0.375. The van der Waals surface area contributed by atoms with E-state index in [4.69, 9.17) is 0 Å². The van der Waals surface area contributed by atoms with Crippen molar-refractivity contribution in [3.63, 3.8) is 0 Å². The van der Waals surface area contributed by atoms with Gasteiger partial charge in [0.05, 0.1) is 4.92 Å². The third-order valence-electron chi connectivity index (χ3n) is 3.23. The molecule has 1 rings (SSSR count). The van der Waals surface area contributed by atoms with Gasteiger partial charge in [-0.3, -0.25) is 10.1 Å². The molecule has 8 heteroatoms. The molecule has 1 aromatic carbocycles. The molecule has 0 saturated carbocycles. The zero-order chi connectivity index (χ0) is 17.4. The van der Waals surface area contributed by atoms with Crippen LogP contribution in [0.2, 0.25) is 0 Å². The fourth-order valence-corrected chi connectivity index (χ4v) is 1.86. The van der Waals surface area contributed by atoms with Crippen LogP contribution in [0.3, 0.4) is 0 Å². The predicted molar refractivity (Wildman–Crippen MR) is 90.8 cm³/mol. The maximum atomic E-state index is 12.4. The van der Waals surface area contributed by atoms with E-state index in [1.165, 1.54) is 12.1 Å². The Morgan fingerprint density at radius 3 is 2.13 bits per heavy atom. The van der Waals surface area contributed by atoms with Crippen molar-refractivity contribution in [1.29, 1.82) is 0 Å². The van der Waals surface area contributed by atoms with Gasteiger partial charge in [-0.25, -0.2) is 4.79 Å². The monoisotopic (exact) mass is 323 g/mol. The summed E-state index contributed by atoms with van der Waals surface area (Å²) in [6.45, 7) is 2.66. The van der Waals surface area contributed by atoms with Crippen molar-refractivity contribution in [1.82, 2.24) is 14.7 Å². The first-order valence-electron chi connectivity index (χ1n) is 7.39. The molecule has 1 aromatic rings. The average Bonchev–Trinajstić information content (AvgIpc) is 2.46. The van der Waals surface area contributed by atoms with Crippen molar-refractivity contribution in [2.75, 3.05) is 59.7 Å². The van der Waals surface area contributed by atoms with Gasteiger partial charge in [0.1, 0.15) is 0 Å². The molecule has 0 radical (unpaired) electrons. The quantitative estimate of drug-likeness (QED) is 0.580. The number of nitrogens with one attached hydrogen (secondary N) is 1. The number of hydrogen-bond donors (Lipinski definition) is 1. The van der Waals surface area contributed by atoms with Gasteiger partial charge in [-0.1, -0.05) is 6.07 Å². The number of likely N-dealkylation sites (N-methyl/N-ethyl adjacent to an activating group) is 2. The van der Waals surface area contributed by atoms with E-state index in [2.05, 4.69) is 5.32 Å². The maximum absolute atomic E-state index is 12.4. The second kappa shape index (κ2) is 9.06. The Labute approximate surface area is 136 Å². The largest absolute Gasteiger partial charge is 0.322 e. The highest BCUT2D eigenvalue weighted by Crippen LogP contribution is 2.17. The molecule has 0 aliphatic carbocycles. The summed E-state index contributed by atoms with van der Waals surface area (Å²) < 4.78 is 0. The molecular weight excluding hydrogens is 298 g/mol. The van der Waals surface area contributed by atoms with Crippen molar-refractivity contribution in [2.24, 2.45) is 0 Å². The van der Waals surface area contributed by atoms with E-state index in [-0.39, 0.29) is 11.7 Å². The lowest BCUT2D eigenvalue weighted by molar-refractivity contribution is -0.384. The Hall–Kier alpha value is -2.19. The number of hydrogen-bond acceptors (Lipinski definition) is 5. The van der Waals surface area contributed by atoms with Crippen LogP contribution in [0.1, 0.15) is 0 Å². The first-order valence-corrected chi connectivity index (χ1v) is 7.39. The topological polar surface area (TPSA) is 82.0 Å². The van der Waals surface area contributed by atoms with Gasteiger partial charge in [-0.2, -0.15) is 0 Å². The van der Waals surface area contributed by atoms with Gasteiger partial charge in [0.2, 0.25) is 0 Å². The zero-order valence-electron chi connectivity index (χ0n) is 14.2. The third kappa shape index (κ3) is 7.07. The molecular formula is C15H25N5O3. The van der Waals surface area contributed by atoms with E-state index >= 15 is 0 Å². The number of carbonyl (C=O) groups is 1. The molecule has 0 unspecified atom stereocenters. The Bertz CT molecular complexity index is 522. The van der Waals surface area contributed by atoms with E-state index < -0.39 is 4.92 Å². The van der Waals surface area contributed by atoms with Gasteiger partial charge in [-0.15, -0.1) is 0 Å². The molecule has 0 aromatic heterocycles. The molecule has 0 heterocycles. The van der Waals surface area contributed by atoms with Crippen molar-refractivity contribution in [3.8, 4) is 0 Å².